The zero-order valence-corrected chi connectivity index (χ0v) is 12.8. The van der Waals surface area contributed by atoms with Crippen LogP contribution in [0, 0.1) is 13.8 Å². The van der Waals surface area contributed by atoms with Crippen molar-refractivity contribution >= 4 is 27.5 Å². The molecular weight excluding hydrogens is 306 g/mol. The van der Waals surface area contributed by atoms with Crippen molar-refractivity contribution in [1.29, 1.82) is 0 Å². The molecule has 4 nitrogen and oxygen atoms in total. The summed E-state index contributed by atoms with van der Waals surface area (Å²) in [5, 5.41) is 7.09. The highest BCUT2D eigenvalue weighted by molar-refractivity contribution is 9.10. The van der Waals surface area contributed by atoms with E-state index in [-0.39, 0.29) is 5.91 Å². The molecule has 0 saturated heterocycles. The van der Waals surface area contributed by atoms with Gasteiger partial charge in [-0.05, 0) is 53.9 Å². The number of benzene rings is 1. The molecule has 0 aliphatic rings. The minimum Gasteiger partial charge on any atom is -0.320 e. The molecule has 0 spiro atoms. The first-order valence-corrected chi connectivity index (χ1v) is 6.92. The van der Waals surface area contributed by atoms with E-state index in [1.165, 1.54) is 0 Å². The zero-order valence-electron chi connectivity index (χ0n) is 11.2. The highest BCUT2D eigenvalue weighted by Gasteiger charge is 2.17. The van der Waals surface area contributed by atoms with Gasteiger partial charge in [0.05, 0.1) is 10.7 Å². The zero-order chi connectivity index (χ0) is 14.0. The van der Waals surface area contributed by atoms with Crippen molar-refractivity contribution in [1.82, 2.24) is 9.78 Å². The van der Waals surface area contributed by atoms with Crippen LogP contribution in [0.2, 0.25) is 0 Å². The van der Waals surface area contributed by atoms with Gasteiger partial charge in [0, 0.05) is 12.2 Å². The van der Waals surface area contributed by atoms with Crippen molar-refractivity contribution < 1.29 is 4.79 Å². The van der Waals surface area contributed by atoms with Gasteiger partial charge >= 0.3 is 0 Å². The third kappa shape index (κ3) is 2.87. The van der Waals surface area contributed by atoms with Crippen molar-refractivity contribution in [2.24, 2.45) is 0 Å². The van der Waals surface area contributed by atoms with Crippen LogP contribution < -0.4 is 5.32 Å². The summed E-state index contributed by atoms with van der Waals surface area (Å²) in [6.07, 6.45) is 1.64. The second-order valence-electron chi connectivity index (χ2n) is 4.43. The monoisotopic (exact) mass is 321 g/mol. The van der Waals surface area contributed by atoms with E-state index in [2.05, 4.69) is 26.3 Å². The molecule has 0 fully saturated rings. The number of carbonyl (C=O) groups excluding carboxylic acids is 1. The first kappa shape index (κ1) is 13.8. The van der Waals surface area contributed by atoms with E-state index in [1.807, 2.05) is 39.0 Å². The SMILES string of the molecule is CCn1ncc(Br)c1C(=O)Nc1cc(C)ccc1C. The molecule has 2 aromatic rings. The number of amides is 1. The van der Waals surface area contributed by atoms with E-state index >= 15 is 0 Å². The minimum atomic E-state index is -0.153. The Kier molecular flexibility index (Phi) is 4.04. The van der Waals surface area contributed by atoms with Gasteiger partial charge in [-0.2, -0.15) is 5.10 Å². The van der Waals surface area contributed by atoms with Crippen LogP contribution in [0.3, 0.4) is 0 Å². The Balaban J connectivity index is 2.30. The molecule has 100 valence electrons. The van der Waals surface area contributed by atoms with Gasteiger partial charge in [-0.3, -0.25) is 9.48 Å². The summed E-state index contributed by atoms with van der Waals surface area (Å²) in [5.41, 5.74) is 3.53. The van der Waals surface area contributed by atoms with Crippen molar-refractivity contribution in [3.8, 4) is 0 Å². The van der Waals surface area contributed by atoms with Gasteiger partial charge in [0.25, 0.3) is 5.91 Å². The highest BCUT2D eigenvalue weighted by Crippen LogP contribution is 2.20. The molecule has 19 heavy (non-hydrogen) atoms. The van der Waals surface area contributed by atoms with E-state index in [0.717, 1.165) is 16.8 Å². The van der Waals surface area contributed by atoms with Crippen molar-refractivity contribution in [3.63, 3.8) is 0 Å². The number of nitrogens with one attached hydrogen (secondary N) is 1. The van der Waals surface area contributed by atoms with E-state index in [9.17, 15) is 4.79 Å². The summed E-state index contributed by atoms with van der Waals surface area (Å²) < 4.78 is 2.38. The van der Waals surface area contributed by atoms with E-state index in [1.54, 1.807) is 10.9 Å². The van der Waals surface area contributed by atoms with Crippen LogP contribution in [0.15, 0.2) is 28.9 Å². The van der Waals surface area contributed by atoms with Crippen molar-refractivity contribution in [2.75, 3.05) is 5.32 Å². The summed E-state index contributed by atoms with van der Waals surface area (Å²) >= 11 is 3.36. The smallest absolute Gasteiger partial charge is 0.275 e. The molecule has 0 radical (unpaired) electrons. The Bertz CT molecular complexity index is 619. The second kappa shape index (κ2) is 5.57. The van der Waals surface area contributed by atoms with Gasteiger partial charge in [-0.15, -0.1) is 0 Å². The molecule has 1 amide bonds. The quantitative estimate of drug-likeness (QED) is 0.939. The Labute approximate surface area is 120 Å². The maximum atomic E-state index is 12.3. The predicted octanol–water partition coefficient (Wildman–Crippen LogP) is 3.53. The van der Waals surface area contributed by atoms with Gasteiger partial charge in [-0.1, -0.05) is 12.1 Å². The Morgan fingerprint density at radius 1 is 1.42 bits per heavy atom. The minimum absolute atomic E-state index is 0.153. The average molecular weight is 322 g/mol. The standard InChI is InChI=1S/C14H16BrN3O/c1-4-18-13(11(15)8-16-18)14(19)17-12-7-9(2)5-6-10(12)3/h5-8H,4H2,1-3H3,(H,17,19). The predicted molar refractivity (Wildman–Crippen MR) is 79.5 cm³/mol. The lowest BCUT2D eigenvalue weighted by Crippen LogP contribution is -2.18. The number of hydrogen-bond acceptors (Lipinski definition) is 2. The van der Waals surface area contributed by atoms with Crippen LogP contribution in [0.25, 0.3) is 0 Å². The van der Waals surface area contributed by atoms with Gasteiger partial charge < -0.3 is 5.32 Å². The fourth-order valence-corrected chi connectivity index (χ4v) is 2.36. The lowest BCUT2D eigenvalue weighted by atomic mass is 10.1. The van der Waals surface area contributed by atoms with Gasteiger partial charge in [0.1, 0.15) is 5.69 Å². The number of aromatic nitrogens is 2. The summed E-state index contributed by atoms with van der Waals surface area (Å²) in [6.45, 7) is 6.58. The largest absolute Gasteiger partial charge is 0.320 e. The lowest BCUT2D eigenvalue weighted by Gasteiger charge is -2.10. The van der Waals surface area contributed by atoms with Crippen LogP contribution in [-0.2, 0) is 6.54 Å². The molecule has 0 unspecified atom stereocenters. The summed E-state index contributed by atoms with van der Waals surface area (Å²) in [6, 6.07) is 5.99. The molecule has 1 N–H and O–H groups in total. The number of hydrogen-bond donors (Lipinski definition) is 1. The topological polar surface area (TPSA) is 46.9 Å². The molecule has 0 aliphatic carbocycles. The summed E-state index contributed by atoms with van der Waals surface area (Å²) in [4.78, 5) is 12.3. The van der Waals surface area contributed by atoms with Gasteiger partial charge in [0.15, 0.2) is 0 Å². The highest BCUT2D eigenvalue weighted by atomic mass is 79.9. The van der Waals surface area contributed by atoms with Gasteiger partial charge in [0.2, 0.25) is 0 Å². The lowest BCUT2D eigenvalue weighted by molar-refractivity contribution is 0.101. The van der Waals surface area contributed by atoms with Crippen LogP contribution >= 0.6 is 15.9 Å². The third-order valence-corrected chi connectivity index (χ3v) is 3.53. The van der Waals surface area contributed by atoms with E-state index in [0.29, 0.717) is 16.7 Å². The molecule has 1 aromatic carbocycles. The maximum Gasteiger partial charge on any atom is 0.275 e. The van der Waals surface area contributed by atoms with Crippen molar-refractivity contribution in [3.05, 3.63) is 45.7 Å². The molecule has 2 rings (SSSR count). The molecule has 5 heteroatoms. The van der Waals surface area contributed by atoms with Crippen LogP contribution in [0.4, 0.5) is 5.69 Å². The third-order valence-electron chi connectivity index (χ3n) is 2.95. The fourth-order valence-electron chi connectivity index (χ4n) is 1.88. The van der Waals surface area contributed by atoms with E-state index < -0.39 is 0 Å². The molecular formula is C14H16BrN3O. The molecule has 1 aromatic heterocycles. The van der Waals surface area contributed by atoms with Crippen LogP contribution in [0.5, 0.6) is 0 Å². The maximum absolute atomic E-state index is 12.3. The van der Waals surface area contributed by atoms with Crippen LogP contribution in [0.1, 0.15) is 28.5 Å². The number of aryl methyl sites for hydroxylation is 3. The number of anilines is 1. The molecule has 0 bridgehead atoms. The summed E-state index contributed by atoms with van der Waals surface area (Å²) in [5.74, 6) is -0.153. The Morgan fingerprint density at radius 3 is 2.84 bits per heavy atom. The van der Waals surface area contributed by atoms with Crippen molar-refractivity contribution in [2.45, 2.75) is 27.3 Å². The van der Waals surface area contributed by atoms with E-state index in [4.69, 9.17) is 0 Å². The average Bonchev–Trinajstić information content (AvgIpc) is 2.75. The number of rotatable bonds is 3. The Hall–Kier alpha value is -1.62. The molecule has 0 aliphatic heterocycles. The number of nitrogens with zero attached hydrogens (tertiary/aromatic N) is 2. The second-order valence-corrected chi connectivity index (χ2v) is 5.28. The molecule has 0 saturated carbocycles. The molecule has 1 heterocycles. The number of halogens is 1. The Morgan fingerprint density at radius 2 is 2.16 bits per heavy atom. The first-order valence-electron chi connectivity index (χ1n) is 6.12. The fraction of sp³-hybridized carbons (Fsp3) is 0.286. The van der Waals surface area contributed by atoms with Crippen LogP contribution in [-0.4, -0.2) is 15.7 Å². The normalized spacial score (nSPS) is 10.5. The molecule has 0 atom stereocenters. The summed E-state index contributed by atoms with van der Waals surface area (Å²) in [7, 11) is 0. The first-order chi connectivity index (χ1) is 9.02. The van der Waals surface area contributed by atoms with Gasteiger partial charge in [-0.25, -0.2) is 0 Å². The number of carbonyl (C=O) groups is 1.